The van der Waals surface area contributed by atoms with E-state index in [1.54, 1.807) is 0 Å². The summed E-state index contributed by atoms with van der Waals surface area (Å²) >= 11 is 0. The number of nitriles is 1. The molecule has 108 valence electrons. The molecule has 0 bridgehead atoms. The van der Waals surface area contributed by atoms with Crippen LogP contribution in [0.2, 0.25) is 0 Å². The maximum atomic E-state index is 13.6. The summed E-state index contributed by atoms with van der Waals surface area (Å²) in [5, 5.41) is 8.82. The van der Waals surface area contributed by atoms with Crippen molar-refractivity contribution >= 4 is 0 Å². The molecule has 0 spiro atoms. The van der Waals surface area contributed by atoms with Crippen molar-refractivity contribution in [3.05, 3.63) is 65.0 Å². The lowest BCUT2D eigenvalue weighted by Gasteiger charge is -2.09. The molecule has 21 heavy (non-hydrogen) atoms. The van der Waals surface area contributed by atoms with Crippen LogP contribution in [-0.2, 0) is 13.0 Å². The Balaban J connectivity index is 2.01. The number of nitrogens with zero attached hydrogens (tertiary/aromatic N) is 1. The van der Waals surface area contributed by atoms with Crippen molar-refractivity contribution in [1.82, 2.24) is 0 Å². The van der Waals surface area contributed by atoms with E-state index in [4.69, 9.17) is 15.7 Å². The molecular weight excluding hydrogens is 267 g/mol. The van der Waals surface area contributed by atoms with Crippen LogP contribution in [0, 0.1) is 17.1 Å². The summed E-state index contributed by atoms with van der Waals surface area (Å²) in [4.78, 5) is 0. The smallest absolute Gasteiger partial charge is 0.129 e. The third-order valence-electron chi connectivity index (χ3n) is 3.05. The zero-order chi connectivity index (χ0) is 15.2. The van der Waals surface area contributed by atoms with Gasteiger partial charge in [0.1, 0.15) is 18.2 Å². The third kappa shape index (κ3) is 4.30. The molecule has 2 aromatic carbocycles. The van der Waals surface area contributed by atoms with Gasteiger partial charge in [-0.25, -0.2) is 4.39 Å². The standard InChI is InChI=1S/C17H17FN2O/c1-12(20)8-13-2-5-16(6-3-13)21-11-15-9-14(10-19)4-7-17(15)18/h2-7,9,12H,8,11,20H2,1H3. The molecule has 0 heterocycles. The zero-order valence-corrected chi connectivity index (χ0v) is 11.8. The summed E-state index contributed by atoms with van der Waals surface area (Å²) in [6.45, 7) is 2.05. The SMILES string of the molecule is CC(N)Cc1ccc(OCc2cc(C#N)ccc2F)cc1. The Labute approximate surface area is 123 Å². The first-order valence-corrected chi connectivity index (χ1v) is 6.74. The van der Waals surface area contributed by atoms with E-state index in [9.17, 15) is 4.39 Å². The minimum Gasteiger partial charge on any atom is -0.489 e. The summed E-state index contributed by atoms with van der Waals surface area (Å²) in [6.07, 6.45) is 0.805. The molecule has 0 aliphatic heterocycles. The van der Waals surface area contributed by atoms with Crippen LogP contribution >= 0.6 is 0 Å². The molecule has 0 fully saturated rings. The van der Waals surface area contributed by atoms with Crippen molar-refractivity contribution < 1.29 is 9.13 Å². The summed E-state index contributed by atoms with van der Waals surface area (Å²) in [5.41, 5.74) is 7.66. The van der Waals surface area contributed by atoms with Gasteiger partial charge in [-0.15, -0.1) is 0 Å². The molecule has 3 nitrogen and oxygen atoms in total. The Morgan fingerprint density at radius 2 is 1.95 bits per heavy atom. The van der Waals surface area contributed by atoms with Crippen LogP contribution in [0.1, 0.15) is 23.6 Å². The predicted molar refractivity (Wildman–Crippen MR) is 79.2 cm³/mol. The first-order valence-electron chi connectivity index (χ1n) is 6.74. The highest BCUT2D eigenvalue weighted by Crippen LogP contribution is 2.17. The molecule has 0 amide bonds. The molecule has 2 aromatic rings. The van der Waals surface area contributed by atoms with E-state index in [0.29, 0.717) is 16.9 Å². The van der Waals surface area contributed by atoms with Crippen LogP contribution in [0.25, 0.3) is 0 Å². The molecule has 1 unspecified atom stereocenters. The Kier molecular flexibility index (Phi) is 4.91. The van der Waals surface area contributed by atoms with Crippen LogP contribution in [0.5, 0.6) is 5.75 Å². The van der Waals surface area contributed by atoms with Crippen molar-refractivity contribution in [3.63, 3.8) is 0 Å². The van der Waals surface area contributed by atoms with Gasteiger partial charge >= 0.3 is 0 Å². The van der Waals surface area contributed by atoms with E-state index in [1.807, 2.05) is 37.3 Å². The second-order valence-electron chi connectivity index (χ2n) is 5.03. The van der Waals surface area contributed by atoms with Gasteiger partial charge in [0.2, 0.25) is 0 Å². The van der Waals surface area contributed by atoms with Gasteiger partial charge in [-0.1, -0.05) is 12.1 Å². The minimum absolute atomic E-state index is 0.0913. The quantitative estimate of drug-likeness (QED) is 0.917. The van der Waals surface area contributed by atoms with Crippen LogP contribution in [0.15, 0.2) is 42.5 Å². The van der Waals surface area contributed by atoms with Crippen molar-refractivity contribution in [1.29, 1.82) is 5.26 Å². The van der Waals surface area contributed by atoms with Gasteiger partial charge < -0.3 is 10.5 Å². The summed E-state index contributed by atoms with van der Waals surface area (Å²) < 4.78 is 19.2. The first kappa shape index (κ1) is 15.0. The maximum absolute atomic E-state index is 13.6. The summed E-state index contributed by atoms with van der Waals surface area (Å²) in [7, 11) is 0. The van der Waals surface area contributed by atoms with E-state index >= 15 is 0 Å². The molecule has 0 aliphatic rings. The number of hydrogen-bond donors (Lipinski definition) is 1. The maximum Gasteiger partial charge on any atom is 0.129 e. The number of nitrogens with two attached hydrogens (primary N) is 1. The highest BCUT2D eigenvalue weighted by Gasteiger charge is 2.05. The lowest BCUT2D eigenvalue weighted by atomic mass is 10.1. The zero-order valence-electron chi connectivity index (χ0n) is 11.8. The lowest BCUT2D eigenvalue weighted by molar-refractivity contribution is 0.299. The fourth-order valence-corrected chi connectivity index (χ4v) is 2.01. The average molecular weight is 284 g/mol. The lowest BCUT2D eigenvalue weighted by Crippen LogP contribution is -2.17. The number of halogens is 1. The molecule has 0 aliphatic carbocycles. The molecule has 0 radical (unpaired) electrons. The number of ether oxygens (including phenoxy) is 1. The molecule has 2 rings (SSSR count). The van der Waals surface area contributed by atoms with Crippen molar-refractivity contribution in [2.24, 2.45) is 5.73 Å². The highest BCUT2D eigenvalue weighted by atomic mass is 19.1. The Bertz CT molecular complexity index is 645. The van der Waals surface area contributed by atoms with Crippen LogP contribution in [-0.4, -0.2) is 6.04 Å². The van der Waals surface area contributed by atoms with Crippen molar-refractivity contribution in [2.45, 2.75) is 26.0 Å². The molecule has 0 saturated heterocycles. The topological polar surface area (TPSA) is 59.0 Å². The van der Waals surface area contributed by atoms with Gasteiger partial charge in [0.25, 0.3) is 0 Å². The van der Waals surface area contributed by atoms with E-state index in [0.717, 1.165) is 12.0 Å². The highest BCUT2D eigenvalue weighted by molar-refractivity contribution is 5.34. The van der Waals surface area contributed by atoms with E-state index in [2.05, 4.69) is 0 Å². The van der Waals surface area contributed by atoms with Gasteiger partial charge in [0.15, 0.2) is 0 Å². The first-order chi connectivity index (χ1) is 10.1. The normalized spacial score (nSPS) is 11.7. The fourth-order valence-electron chi connectivity index (χ4n) is 2.01. The molecule has 0 aromatic heterocycles. The van der Waals surface area contributed by atoms with Crippen LogP contribution in [0.3, 0.4) is 0 Å². The van der Waals surface area contributed by atoms with Gasteiger partial charge in [-0.3, -0.25) is 0 Å². The van der Waals surface area contributed by atoms with Crippen LogP contribution < -0.4 is 10.5 Å². The number of hydrogen-bond acceptors (Lipinski definition) is 3. The van der Waals surface area contributed by atoms with Gasteiger partial charge in [0, 0.05) is 11.6 Å². The molecule has 2 N–H and O–H groups in total. The Hall–Kier alpha value is -2.38. The molecular formula is C17H17FN2O. The summed E-state index contributed by atoms with van der Waals surface area (Å²) in [5.74, 6) is 0.285. The van der Waals surface area contributed by atoms with Crippen LogP contribution in [0.4, 0.5) is 4.39 Å². The van der Waals surface area contributed by atoms with Gasteiger partial charge in [-0.2, -0.15) is 5.26 Å². The minimum atomic E-state index is -0.373. The molecule has 1 atom stereocenters. The van der Waals surface area contributed by atoms with E-state index in [1.165, 1.54) is 18.2 Å². The Morgan fingerprint density at radius 1 is 1.24 bits per heavy atom. The average Bonchev–Trinajstić information content (AvgIpc) is 2.47. The summed E-state index contributed by atoms with van der Waals surface area (Å²) in [6, 6.07) is 13.9. The van der Waals surface area contributed by atoms with Crippen molar-refractivity contribution in [2.75, 3.05) is 0 Å². The largest absolute Gasteiger partial charge is 0.489 e. The fraction of sp³-hybridized carbons (Fsp3) is 0.235. The molecule has 4 heteroatoms. The second-order valence-corrected chi connectivity index (χ2v) is 5.03. The van der Waals surface area contributed by atoms with Crippen molar-refractivity contribution in [3.8, 4) is 11.8 Å². The monoisotopic (exact) mass is 284 g/mol. The third-order valence-corrected chi connectivity index (χ3v) is 3.05. The van der Waals surface area contributed by atoms with E-state index in [-0.39, 0.29) is 18.5 Å². The number of benzene rings is 2. The van der Waals surface area contributed by atoms with Gasteiger partial charge in [0.05, 0.1) is 11.6 Å². The second kappa shape index (κ2) is 6.87. The Morgan fingerprint density at radius 3 is 2.57 bits per heavy atom. The number of rotatable bonds is 5. The van der Waals surface area contributed by atoms with E-state index < -0.39 is 0 Å². The van der Waals surface area contributed by atoms with Gasteiger partial charge in [-0.05, 0) is 49.2 Å². The predicted octanol–water partition coefficient (Wildman–Crippen LogP) is 3.17. The molecule has 0 saturated carbocycles.